The second kappa shape index (κ2) is 5.91. The van der Waals surface area contributed by atoms with Gasteiger partial charge in [0, 0.05) is 14.6 Å². The van der Waals surface area contributed by atoms with Gasteiger partial charge in [0.15, 0.2) is 0 Å². The largest absolute Gasteiger partial charge is 0.364 e. The Morgan fingerprint density at radius 1 is 1.14 bits per heavy atom. The van der Waals surface area contributed by atoms with Gasteiger partial charge in [-0.3, -0.25) is 0 Å². The van der Waals surface area contributed by atoms with E-state index in [9.17, 15) is 0 Å². The van der Waals surface area contributed by atoms with Gasteiger partial charge in [0.05, 0.1) is 11.9 Å². The van der Waals surface area contributed by atoms with Gasteiger partial charge >= 0.3 is 0 Å². The lowest BCUT2D eigenvalue weighted by Gasteiger charge is -2.05. The van der Waals surface area contributed by atoms with Crippen LogP contribution in [0.3, 0.4) is 0 Å². The summed E-state index contributed by atoms with van der Waals surface area (Å²) < 4.78 is 0. The van der Waals surface area contributed by atoms with Gasteiger partial charge in [0.25, 0.3) is 0 Å². The zero-order valence-corrected chi connectivity index (χ0v) is 14.5. The van der Waals surface area contributed by atoms with Gasteiger partial charge < -0.3 is 5.32 Å². The van der Waals surface area contributed by atoms with Crippen LogP contribution in [0.5, 0.6) is 0 Å². The van der Waals surface area contributed by atoms with E-state index in [4.69, 9.17) is 11.6 Å². The van der Waals surface area contributed by atoms with Crippen LogP contribution in [0, 0.1) is 13.8 Å². The maximum Gasteiger partial charge on any atom is 0.225 e. The minimum absolute atomic E-state index is 0.299. The van der Waals surface area contributed by atoms with Crippen molar-refractivity contribution in [2.24, 2.45) is 0 Å². The van der Waals surface area contributed by atoms with E-state index >= 15 is 0 Å². The van der Waals surface area contributed by atoms with Crippen molar-refractivity contribution >= 4 is 50.3 Å². The van der Waals surface area contributed by atoms with Crippen LogP contribution in [0.4, 0.5) is 5.82 Å². The maximum atomic E-state index is 6.03. The highest BCUT2D eigenvalue weighted by atomic mass is 35.5. The molecule has 1 N–H and O–H groups in total. The highest BCUT2D eigenvalue weighted by molar-refractivity contribution is 7.18. The average molecular weight is 338 g/mol. The summed E-state index contributed by atoms with van der Waals surface area (Å²) in [6.45, 7) is 7.19. The van der Waals surface area contributed by atoms with Crippen LogP contribution in [0.25, 0.3) is 10.2 Å². The third-order valence-electron chi connectivity index (χ3n) is 3.41. The molecule has 110 valence electrons. The second-order valence-electron chi connectivity index (χ2n) is 4.93. The summed E-state index contributed by atoms with van der Waals surface area (Å²) in [6, 6.07) is 4.38. The fourth-order valence-corrected chi connectivity index (χ4v) is 4.34. The molecule has 0 aliphatic heterocycles. The molecular weight excluding hydrogens is 322 g/mol. The predicted molar refractivity (Wildman–Crippen MR) is 92.9 cm³/mol. The van der Waals surface area contributed by atoms with Crippen molar-refractivity contribution in [1.29, 1.82) is 0 Å². The number of rotatable bonds is 4. The standard InChI is InChI=1S/C15H16ClN3S2/c1-4-10-6-12-13(18-15(16)19-14(12)21-10)17-7-11-5-8(2)9(3)20-11/h5-6H,4,7H2,1-3H3,(H,17,18,19). The van der Waals surface area contributed by atoms with Gasteiger partial charge in [-0.05, 0) is 49.6 Å². The van der Waals surface area contributed by atoms with Crippen molar-refractivity contribution in [3.8, 4) is 0 Å². The Morgan fingerprint density at radius 2 is 1.95 bits per heavy atom. The van der Waals surface area contributed by atoms with Gasteiger partial charge in [0.1, 0.15) is 10.6 Å². The number of hydrogen-bond donors (Lipinski definition) is 1. The molecule has 0 fully saturated rings. The van der Waals surface area contributed by atoms with Crippen LogP contribution >= 0.6 is 34.3 Å². The molecule has 0 aliphatic carbocycles. The third kappa shape index (κ3) is 3.05. The molecule has 3 aromatic rings. The molecular formula is C15H16ClN3S2. The molecule has 0 saturated heterocycles. The number of aromatic nitrogens is 2. The Bertz CT molecular complexity index is 772. The van der Waals surface area contributed by atoms with Gasteiger partial charge in [-0.1, -0.05) is 6.92 Å². The molecule has 3 aromatic heterocycles. The lowest BCUT2D eigenvalue weighted by Crippen LogP contribution is -2.01. The van der Waals surface area contributed by atoms with E-state index in [2.05, 4.69) is 48.2 Å². The number of nitrogens with zero attached hydrogens (tertiary/aromatic N) is 2. The fraction of sp³-hybridized carbons (Fsp3) is 0.333. The Kier molecular flexibility index (Phi) is 4.15. The van der Waals surface area contributed by atoms with E-state index in [-0.39, 0.29) is 0 Å². The van der Waals surface area contributed by atoms with Gasteiger partial charge in [-0.15, -0.1) is 22.7 Å². The van der Waals surface area contributed by atoms with Crippen LogP contribution in [-0.4, -0.2) is 9.97 Å². The van der Waals surface area contributed by atoms with Crippen LogP contribution in [0.2, 0.25) is 5.28 Å². The number of hydrogen-bond acceptors (Lipinski definition) is 5. The highest BCUT2D eigenvalue weighted by Crippen LogP contribution is 2.31. The quantitative estimate of drug-likeness (QED) is 0.665. The molecule has 0 spiro atoms. The van der Waals surface area contributed by atoms with Gasteiger partial charge in [-0.25, -0.2) is 9.97 Å². The van der Waals surface area contributed by atoms with Crippen LogP contribution in [0.1, 0.15) is 27.1 Å². The van der Waals surface area contributed by atoms with E-state index in [1.165, 1.54) is 20.2 Å². The first-order chi connectivity index (χ1) is 10.1. The first-order valence-corrected chi connectivity index (χ1v) is 8.83. The summed E-state index contributed by atoms with van der Waals surface area (Å²) in [4.78, 5) is 13.6. The fourth-order valence-electron chi connectivity index (χ4n) is 2.16. The first-order valence-electron chi connectivity index (χ1n) is 6.82. The summed E-state index contributed by atoms with van der Waals surface area (Å²) >= 11 is 9.53. The Morgan fingerprint density at radius 3 is 2.62 bits per heavy atom. The predicted octanol–water partition coefficient (Wildman–Crippen LogP) is 5.20. The molecule has 0 unspecified atom stereocenters. The summed E-state index contributed by atoms with van der Waals surface area (Å²) in [7, 11) is 0. The van der Waals surface area contributed by atoms with Gasteiger partial charge in [0.2, 0.25) is 5.28 Å². The Hall–Kier alpha value is -1.17. The topological polar surface area (TPSA) is 37.8 Å². The van der Waals surface area contributed by atoms with E-state index < -0.39 is 0 Å². The molecule has 6 heteroatoms. The van der Waals surface area contributed by atoms with Crippen molar-refractivity contribution in [2.45, 2.75) is 33.7 Å². The van der Waals surface area contributed by atoms with Crippen LogP contribution in [-0.2, 0) is 13.0 Å². The molecule has 0 aliphatic rings. The van der Waals surface area contributed by atoms with E-state index in [1.807, 2.05) is 11.3 Å². The molecule has 3 nitrogen and oxygen atoms in total. The molecule has 0 radical (unpaired) electrons. The second-order valence-corrected chi connectivity index (χ2v) is 7.73. The van der Waals surface area contributed by atoms with Gasteiger partial charge in [-0.2, -0.15) is 0 Å². The summed E-state index contributed by atoms with van der Waals surface area (Å²) in [6.07, 6.45) is 1.00. The number of nitrogens with one attached hydrogen (secondary N) is 1. The number of fused-ring (bicyclic) bond motifs is 1. The smallest absolute Gasteiger partial charge is 0.225 e. The Labute approximate surface area is 137 Å². The maximum absolute atomic E-state index is 6.03. The molecule has 0 saturated carbocycles. The average Bonchev–Trinajstić information content (AvgIpc) is 2.99. The number of thiophene rings is 2. The van der Waals surface area contributed by atoms with E-state index in [1.54, 1.807) is 11.3 Å². The van der Waals surface area contributed by atoms with Crippen LogP contribution in [0.15, 0.2) is 12.1 Å². The van der Waals surface area contributed by atoms with Crippen molar-refractivity contribution in [2.75, 3.05) is 5.32 Å². The normalized spacial score (nSPS) is 11.2. The van der Waals surface area contributed by atoms with Crippen LogP contribution < -0.4 is 5.32 Å². The van der Waals surface area contributed by atoms with E-state index in [0.29, 0.717) is 5.28 Å². The number of anilines is 1. The monoisotopic (exact) mass is 337 g/mol. The molecule has 3 rings (SSSR count). The zero-order valence-electron chi connectivity index (χ0n) is 12.2. The van der Waals surface area contributed by atoms with Crippen molar-refractivity contribution in [3.05, 3.63) is 37.6 Å². The third-order valence-corrected chi connectivity index (χ3v) is 5.91. The zero-order chi connectivity index (χ0) is 15.0. The minimum Gasteiger partial charge on any atom is -0.364 e. The SMILES string of the molecule is CCc1cc2c(NCc3cc(C)c(C)s3)nc(Cl)nc2s1. The lowest BCUT2D eigenvalue weighted by atomic mass is 10.3. The summed E-state index contributed by atoms with van der Waals surface area (Å²) in [5.74, 6) is 0.824. The highest BCUT2D eigenvalue weighted by Gasteiger charge is 2.11. The summed E-state index contributed by atoms with van der Waals surface area (Å²) in [5.41, 5.74) is 1.34. The first kappa shape index (κ1) is 14.8. The van der Waals surface area contributed by atoms with E-state index in [0.717, 1.165) is 29.0 Å². The Balaban J connectivity index is 1.90. The molecule has 0 bridgehead atoms. The number of halogens is 1. The summed E-state index contributed by atoms with van der Waals surface area (Å²) in [5, 5.41) is 4.76. The molecule has 0 aromatic carbocycles. The van der Waals surface area contributed by atoms with Crippen molar-refractivity contribution in [3.63, 3.8) is 0 Å². The minimum atomic E-state index is 0.299. The van der Waals surface area contributed by atoms with Crippen molar-refractivity contribution in [1.82, 2.24) is 9.97 Å². The van der Waals surface area contributed by atoms with Crippen molar-refractivity contribution < 1.29 is 0 Å². The lowest BCUT2D eigenvalue weighted by molar-refractivity contribution is 1.13. The molecule has 3 heterocycles. The molecule has 21 heavy (non-hydrogen) atoms. The molecule has 0 amide bonds. The molecule has 0 atom stereocenters. The number of aryl methyl sites for hydroxylation is 3.